The van der Waals surface area contributed by atoms with Gasteiger partial charge in [-0.05, 0) is 25.0 Å². The minimum Gasteiger partial charge on any atom is -0.506 e. The van der Waals surface area contributed by atoms with Gasteiger partial charge in [0.15, 0.2) is 12.4 Å². The molecule has 2 N–H and O–H groups in total. The topological polar surface area (TPSA) is 58.6 Å². The van der Waals surface area contributed by atoms with Gasteiger partial charge in [0, 0.05) is 0 Å². The van der Waals surface area contributed by atoms with Gasteiger partial charge in [0.2, 0.25) is 0 Å². The van der Waals surface area contributed by atoms with E-state index in [-0.39, 0.29) is 18.3 Å². The molecule has 1 aliphatic rings. The van der Waals surface area contributed by atoms with Crippen molar-refractivity contribution >= 4 is 11.6 Å². The summed E-state index contributed by atoms with van der Waals surface area (Å²) in [6, 6.07) is 3.26. The fourth-order valence-corrected chi connectivity index (χ4v) is 1.41. The Morgan fingerprint density at radius 3 is 3.07 bits per heavy atom. The van der Waals surface area contributed by atoms with Crippen molar-refractivity contribution in [2.45, 2.75) is 6.42 Å². The number of nitrogens with one attached hydrogen (secondary N) is 1. The summed E-state index contributed by atoms with van der Waals surface area (Å²) < 4.78 is 5.23. The first-order chi connectivity index (χ1) is 6.72. The molecule has 0 saturated heterocycles. The van der Waals surface area contributed by atoms with E-state index in [4.69, 9.17) is 4.74 Å². The van der Waals surface area contributed by atoms with E-state index in [1.54, 1.807) is 6.07 Å². The Bertz CT molecular complexity index is 387. The van der Waals surface area contributed by atoms with Crippen molar-refractivity contribution in [2.75, 3.05) is 11.9 Å². The molecular formula is C10H10NO3. The number of amides is 1. The number of phenolic OH excluding ortho intramolecular Hbond substituents is 1. The van der Waals surface area contributed by atoms with E-state index < -0.39 is 0 Å². The molecule has 73 valence electrons. The minimum atomic E-state index is -0.256. The second kappa shape index (κ2) is 3.21. The van der Waals surface area contributed by atoms with Crippen molar-refractivity contribution in [2.24, 2.45) is 0 Å². The van der Waals surface area contributed by atoms with Crippen molar-refractivity contribution < 1.29 is 14.6 Å². The fraction of sp³-hybridized carbons (Fsp3) is 0.200. The van der Waals surface area contributed by atoms with E-state index in [1.807, 2.05) is 0 Å². The summed E-state index contributed by atoms with van der Waals surface area (Å²) >= 11 is 0. The van der Waals surface area contributed by atoms with E-state index >= 15 is 0 Å². The molecule has 14 heavy (non-hydrogen) atoms. The minimum absolute atomic E-state index is 0.0105. The molecule has 0 unspecified atom stereocenters. The van der Waals surface area contributed by atoms with Crippen molar-refractivity contribution in [1.29, 1.82) is 0 Å². The van der Waals surface area contributed by atoms with Crippen LogP contribution in [0.1, 0.15) is 5.56 Å². The second-order valence-electron chi connectivity index (χ2n) is 3.03. The highest BCUT2D eigenvalue weighted by Gasteiger charge is 2.21. The predicted molar refractivity (Wildman–Crippen MR) is 51.3 cm³/mol. The van der Waals surface area contributed by atoms with Crippen LogP contribution in [0.2, 0.25) is 0 Å². The summed E-state index contributed by atoms with van der Waals surface area (Å²) in [5, 5.41) is 12.0. The van der Waals surface area contributed by atoms with Gasteiger partial charge in [0.25, 0.3) is 5.91 Å². The van der Waals surface area contributed by atoms with E-state index in [1.165, 1.54) is 6.07 Å². The van der Waals surface area contributed by atoms with Gasteiger partial charge in [-0.3, -0.25) is 4.79 Å². The molecule has 0 spiro atoms. The number of anilines is 1. The maximum atomic E-state index is 11.0. The van der Waals surface area contributed by atoms with E-state index in [2.05, 4.69) is 12.2 Å². The lowest BCUT2D eigenvalue weighted by atomic mass is 10.1. The van der Waals surface area contributed by atoms with E-state index in [0.29, 0.717) is 17.9 Å². The van der Waals surface area contributed by atoms with Crippen LogP contribution >= 0.6 is 0 Å². The van der Waals surface area contributed by atoms with Crippen LogP contribution in [-0.2, 0) is 11.2 Å². The fourth-order valence-electron chi connectivity index (χ4n) is 1.41. The molecule has 1 amide bonds. The summed E-state index contributed by atoms with van der Waals surface area (Å²) in [7, 11) is 0. The molecule has 1 aromatic carbocycles. The number of hydrogen-bond donors (Lipinski definition) is 2. The highest BCUT2D eigenvalue weighted by atomic mass is 16.5. The summed E-state index contributed by atoms with van der Waals surface area (Å²) in [5.74, 6) is 0.291. The Labute approximate surface area is 81.5 Å². The summed E-state index contributed by atoms with van der Waals surface area (Å²) in [6.07, 6.45) is 0.554. The molecular weight excluding hydrogens is 182 g/mol. The van der Waals surface area contributed by atoms with Crippen LogP contribution in [0.4, 0.5) is 5.69 Å². The number of aromatic hydroxyl groups is 1. The van der Waals surface area contributed by atoms with Crippen molar-refractivity contribution in [3.8, 4) is 11.5 Å². The lowest BCUT2D eigenvalue weighted by Gasteiger charge is -2.21. The Kier molecular flexibility index (Phi) is 2.04. The van der Waals surface area contributed by atoms with Gasteiger partial charge >= 0.3 is 0 Å². The summed E-state index contributed by atoms with van der Waals surface area (Å²) in [6.45, 7) is 3.73. The summed E-state index contributed by atoms with van der Waals surface area (Å²) in [4.78, 5) is 11.0. The molecule has 0 bridgehead atoms. The molecule has 1 radical (unpaired) electrons. The third-order valence-electron chi connectivity index (χ3n) is 2.10. The third kappa shape index (κ3) is 1.28. The Hall–Kier alpha value is -1.71. The molecule has 0 aliphatic carbocycles. The smallest absolute Gasteiger partial charge is 0.262 e. The molecule has 0 atom stereocenters. The van der Waals surface area contributed by atoms with Crippen molar-refractivity contribution in [3.63, 3.8) is 0 Å². The molecule has 0 aromatic heterocycles. The Morgan fingerprint density at radius 1 is 1.57 bits per heavy atom. The van der Waals surface area contributed by atoms with Gasteiger partial charge in [0.05, 0.1) is 0 Å². The molecule has 2 rings (SSSR count). The number of hydrogen-bond acceptors (Lipinski definition) is 3. The maximum absolute atomic E-state index is 11.0. The van der Waals surface area contributed by atoms with Crippen molar-refractivity contribution in [1.82, 2.24) is 0 Å². The monoisotopic (exact) mass is 192 g/mol. The molecule has 1 aliphatic heterocycles. The normalized spacial score (nSPS) is 14.2. The van der Waals surface area contributed by atoms with Gasteiger partial charge in [-0.2, -0.15) is 0 Å². The number of carbonyl (C=O) groups is 1. The van der Waals surface area contributed by atoms with E-state index in [9.17, 15) is 9.90 Å². The average Bonchev–Trinajstić information content (AvgIpc) is 2.19. The second-order valence-corrected chi connectivity index (χ2v) is 3.03. The van der Waals surface area contributed by atoms with Gasteiger partial charge in [-0.1, -0.05) is 6.07 Å². The zero-order chi connectivity index (χ0) is 10.1. The van der Waals surface area contributed by atoms with Crippen LogP contribution in [0.5, 0.6) is 11.5 Å². The zero-order valence-electron chi connectivity index (χ0n) is 7.54. The number of benzene rings is 1. The van der Waals surface area contributed by atoms with E-state index in [0.717, 1.165) is 5.56 Å². The number of phenols is 1. The first kappa shape index (κ1) is 8.87. The van der Waals surface area contributed by atoms with Crippen LogP contribution in [0.25, 0.3) is 0 Å². The first-order valence-corrected chi connectivity index (χ1v) is 4.29. The van der Waals surface area contributed by atoms with Gasteiger partial charge in [-0.25, -0.2) is 0 Å². The number of rotatable bonds is 1. The highest BCUT2D eigenvalue weighted by Crippen LogP contribution is 2.38. The molecule has 0 saturated carbocycles. The first-order valence-electron chi connectivity index (χ1n) is 4.29. The summed E-state index contributed by atoms with van der Waals surface area (Å²) in [5.41, 5.74) is 1.22. The van der Waals surface area contributed by atoms with Gasteiger partial charge < -0.3 is 15.2 Å². The van der Waals surface area contributed by atoms with Gasteiger partial charge in [-0.15, -0.1) is 0 Å². The molecule has 1 heterocycles. The van der Waals surface area contributed by atoms with Crippen LogP contribution in [0.3, 0.4) is 0 Å². The lowest BCUT2D eigenvalue weighted by Crippen LogP contribution is -2.26. The van der Waals surface area contributed by atoms with Gasteiger partial charge in [0.1, 0.15) is 11.4 Å². The Balaban J connectivity index is 2.54. The quantitative estimate of drug-likeness (QED) is 0.655. The molecule has 4 nitrogen and oxygen atoms in total. The number of carbonyl (C=O) groups excluding carboxylic acids is 1. The molecule has 4 heteroatoms. The molecule has 0 fully saturated rings. The number of fused-ring (bicyclic) bond motifs is 1. The average molecular weight is 192 g/mol. The maximum Gasteiger partial charge on any atom is 0.262 e. The zero-order valence-corrected chi connectivity index (χ0v) is 7.54. The highest BCUT2D eigenvalue weighted by molar-refractivity contribution is 5.97. The van der Waals surface area contributed by atoms with Crippen LogP contribution in [0.15, 0.2) is 12.1 Å². The van der Waals surface area contributed by atoms with Crippen LogP contribution in [-0.4, -0.2) is 17.6 Å². The molecule has 1 aromatic rings. The lowest BCUT2D eigenvalue weighted by molar-refractivity contribution is -0.118. The van der Waals surface area contributed by atoms with Crippen molar-refractivity contribution in [3.05, 3.63) is 24.6 Å². The standard InChI is InChI=1S/C10H10NO3/c1-2-6-3-4-7(12)9-10(6)14-5-8(13)11-9/h3-4,12H,1-2,5H2,(H,11,13). The largest absolute Gasteiger partial charge is 0.506 e. The third-order valence-corrected chi connectivity index (χ3v) is 2.10. The van der Waals surface area contributed by atoms with Crippen LogP contribution < -0.4 is 10.1 Å². The predicted octanol–water partition coefficient (Wildman–Crippen LogP) is 1.10. The SMILES string of the molecule is [CH2]Cc1ccc(O)c2c1OCC(=O)N2. The Morgan fingerprint density at radius 2 is 2.36 bits per heavy atom. The van der Waals surface area contributed by atoms with Crippen LogP contribution in [0, 0.1) is 6.92 Å². The number of ether oxygens (including phenoxy) is 1.